The van der Waals surface area contributed by atoms with E-state index in [1.54, 1.807) is 7.11 Å². The summed E-state index contributed by atoms with van der Waals surface area (Å²) in [7, 11) is 1.68. The summed E-state index contributed by atoms with van der Waals surface area (Å²) in [5.74, 6) is 1.38. The van der Waals surface area contributed by atoms with Crippen molar-refractivity contribution < 1.29 is 4.74 Å². The maximum atomic E-state index is 6.11. The molecule has 0 aliphatic heterocycles. The van der Waals surface area contributed by atoms with E-state index in [-0.39, 0.29) is 0 Å². The van der Waals surface area contributed by atoms with E-state index in [0.717, 1.165) is 12.3 Å². The maximum absolute atomic E-state index is 6.11. The van der Waals surface area contributed by atoms with Crippen LogP contribution in [0.1, 0.15) is 50.5 Å². The molecule has 1 aromatic carbocycles. The molecule has 0 amide bonds. The van der Waals surface area contributed by atoms with Crippen molar-refractivity contribution in [1.29, 1.82) is 0 Å². The molecule has 2 atom stereocenters. The lowest BCUT2D eigenvalue weighted by Gasteiger charge is -2.33. The predicted octanol–water partition coefficient (Wildman–Crippen LogP) is 4.37. The van der Waals surface area contributed by atoms with Gasteiger partial charge in [-0.1, -0.05) is 37.4 Å². The molecule has 0 spiro atoms. The Morgan fingerprint density at radius 3 is 2.84 bits per heavy atom. The number of halogens is 1. The quantitative estimate of drug-likeness (QED) is 0.865. The lowest BCUT2D eigenvalue weighted by Crippen LogP contribution is -2.37. The summed E-state index contributed by atoms with van der Waals surface area (Å²) in [6.45, 7) is 3.32. The van der Waals surface area contributed by atoms with Gasteiger partial charge >= 0.3 is 0 Å². The summed E-state index contributed by atoms with van der Waals surface area (Å²) >= 11 is 6.11. The molecule has 1 N–H and O–H groups in total. The molecule has 1 aromatic rings. The number of nitrogens with one attached hydrogen (secondary N) is 1. The molecule has 2 rings (SSSR count). The van der Waals surface area contributed by atoms with Crippen LogP contribution in [0.25, 0.3) is 0 Å². The van der Waals surface area contributed by atoms with E-state index < -0.39 is 0 Å². The van der Waals surface area contributed by atoms with E-state index in [2.05, 4.69) is 24.4 Å². The van der Waals surface area contributed by atoms with Crippen LogP contribution in [0.3, 0.4) is 0 Å². The standard InChI is InChI=1S/C16H24ClNO/c1-3-10-18-15-7-5-4-6-13(15)12-8-9-14(17)16(11-12)19-2/h8-9,11,13,15,18H,3-7,10H2,1-2H3. The second-order valence-corrected chi connectivity index (χ2v) is 5.75. The molecule has 106 valence electrons. The van der Waals surface area contributed by atoms with E-state index in [4.69, 9.17) is 16.3 Å². The Morgan fingerprint density at radius 1 is 1.32 bits per heavy atom. The van der Waals surface area contributed by atoms with Gasteiger partial charge in [0, 0.05) is 6.04 Å². The Morgan fingerprint density at radius 2 is 2.11 bits per heavy atom. The first-order valence-corrected chi connectivity index (χ1v) is 7.71. The van der Waals surface area contributed by atoms with Crippen LogP contribution < -0.4 is 10.1 Å². The molecule has 1 aliphatic carbocycles. The molecule has 3 heteroatoms. The van der Waals surface area contributed by atoms with Crippen LogP contribution in [-0.4, -0.2) is 19.7 Å². The average molecular weight is 282 g/mol. The second-order valence-electron chi connectivity index (χ2n) is 5.35. The van der Waals surface area contributed by atoms with Gasteiger partial charge in [0.15, 0.2) is 0 Å². The first-order valence-electron chi connectivity index (χ1n) is 7.33. The average Bonchev–Trinajstić information content (AvgIpc) is 2.46. The van der Waals surface area contributed by atoms with Gasteiger partial charge in [-0.15, -0.1) is 0 Å². The maximum Gasteiger partial charge on any atom is 0.137 e. The highest BCUT2D eigenvalue weighted by atomic mass is 35.5. The number of hydrogen-bond donors (Lipinski definition) is 1. The summed E-state index contributed by atoms with van der Waals surface area (Å²) in [6.07, 6.45) is 6.37. The van der Waals surface area contributed by atoms with Crippen molar-refractivity contribution in [2.75, 3.05) is 13.7 Å². The summed E-state index contributed by atoms with van der Waals surface area (Å²) in [4.78, 5) is 0. The van der Waals surface area contributed by atoms with Crippen LogP contribution in [0.5, 0.6) is 5.75 Å². The number of benzene rings is 1. The summed E-state index contributed by atoms with van der Waals surface area (Å²) in [6, 6.07) is 6.82. The Labute approximate surface area is 121 Å². The first-order chi connectivity index (χ1) is 9.26. The third-order valence-electron chi connectivity index (χ3n) is 4.03. The zero-order chi connectivity index (χ0) is 13.7. The second kappa shape index (κ2) is 7.16. The van der Waals surface area contributed by atoms with Crippen molar-refractivity contribution in [2.24, 2.45) is 0 Å². The molecule has 1 saturated carbocycles. The highest BCUT2D eigenvalue weighted by Gasteiger charge is 2.26. The molecule has 1 aliphatic rings. The molecule has 2 unspecified atom stereocenters. The largest absolute Gasteiger partial charge is 0.495 e. The minimum absolute atomic E-state index is 0.589. The van der Waals surface area contributed by atoms with E-state index in [9.17, 15) is 0 Å². The highest BCUT2D eigenvalue weighted by Crippen LogP contribution is 2.36. The van der Waals surface area contributed by atoms with Crippen LogP contribution in [0.4, 0.5) is 0 Å². The van der Waals surface area contributed by atoms with Gasteiger partial charge in [0.05, 0.1) is 12.1 Å². The fraction of sp³-hybridized carbons (Fsp3) is 0.625. The van der Waals surface area contributed by atoms with Crippen molar-refractivity contribution in [3.05, 3.63) is 28.8 Å². The molecule has 2 nitrogen and oxygen atoms in total. The molecular weight excluding hydrogens is 258 g/mol. The Hall–Kier alpha value is -0.730. The number of ether oxygens (including phenoxy) is 1. The van der Waals surface area contributed by atoms with Crippen molar-refractivity contribution >= 4 is 11.6 Å². The van der Waals surface area contributed by atoms with Crippen molar-refractivity contribution in [3.8, 4) is 5.75 Å². The number of rotatable bonds is 5. The van der Waals surface area contributed by atoms with E-state index in [1.165, 1.54) is 37.7 Å². The lowest BCUT2D eigenvalue weighted by molar-refractivity contribution is 0.327. The molecule has 1 fully saturated rings. The SMILES string of the molecule is CCCNC1CCCCC1c1ccc(Cl)c(OC)c1. The topological polar surface area (TPSA) is 21.3 Å². The number of methoxy groups -OCH3 is 1. The zero-order valence-electron chi connectivity index (χ0n) is 11.9. The minimum Gasteiger partial charge on any atom is -0.495 e. The van der Waals surface area contributed by atoms with Crippen LogP contribution in [-0.2, 0) is 0 Å². The van der Waals surface area contributed by atoms with Crippen LogP contribution in [0, 0.1) is 0 Å². The Balaban J connectivity index is 2.16. The van der Waals surface area contributed by atoms with Crippen LogP contribution >= 0.6 is 11.6 Å². The lowest BCUT2D eigenvalue weighted by atomic mass is 9.80. The van der Waals surface area contributed by atoms with Crippen molar-refractivity contribution in [2.45, 2.75) is 51.0 Å². The molecule has 0 aromatic heterocycles. The first kappa shape index (κ1) is 14.7. The van der Waals surface area contributed by atoms with Gasteiger partial charge < -0.3 is 10.1 Å². The molecule has 0 heterocycles. The van der Waals surface area contributed by atoms with Gasteiger partial charge in [-0.2, -0.15) is 0 Å². The molecular formula is C16H24ClNO. The molecule has 0 saturated heterocycles. The molecule has 0 radical (unpaired) electrons. The zero-order valence-corrected chi connectivity index (χ0v) is 12.7. The van der Waals surface area contributed by atoms with Gasteiger partial charge in [-0.05, 0) is 49.4 Å². The molecule has 19 heavy (non-hydrogen) atoms. The monoisotopic (exact) mass is 281 g/mol. The Bertz CT molecular complexity index is 408. The predicted molar refractivity (Wildman–Crippen MR) is 81.3 cm³/mol. The van der Waals surface area contributed by atoms with Crippen molar-refractivity contribution in [3.63, 3.8) is 0 Å². The van der Waals surface area contributed by atoms with E-state index in [1.807, 2.05) is 6.07 Å². The van der Waals surface area contributed by atoms with Crippen LogP contribution in [0.2, 0.25) is 5.02 Å². The third-order valence-corrected chi connectivity index (χ3v) is 4.34. The minimum atomic E-state index is 0.589. The fourth-order valence-electron chi connectivity index (χ4n) is 3.01. The number of hydrogen-bond acceptors (Lipinski definition) is 2. The van der Waals surface area contributed by atoms with E-state index in [0.29, 0.717) is 17.0 Å². The highest BCUT2D eigenvalue weighted by molar-refractivity contribution is 6.32. The van der Waals surface area contributed by atoms with Gasteiger partial charge in [-0.3, -0.25) is 0 Å². The van der Waals surface area contributed by atoms with Gasteiger partial charge in [-0.25, -0.2) is 0 Å². The Kier molecular flexibility index (Phi) is 5.53. The normalized spacial score (nSPS) is 23.3. The van der Waals surface area contributed by atoms with Crippen LogP contribution in [0.15, 0.2) is 18.2 Å². The van der Waals surface area contributed by atoms with Gasteiger partial charge in [0.1, 0.15) is 5.75 Å². The smallest absolute Gasteiger partial charge is 0.137 e. The molecule has 0 bridgehead atoms. The summed E-state index contributed by atoms with van der Waals surface area (Å²) in [5, 5.41) is 4.39. The summed E-state index contributed by atoms with van der Waals surface area (Å²) < 4.78 is 5.34. The van der Waals surface area contributed by atoms with E-state index >= 15 is 0 Å². The third kappa shape index (κ3) is 3.64. The fourth-order valence-corrected chi connectivity index (χ4v) is 3.21. The summed E-state index contributed by atoms with van der Waals surface area (Å²) in [5.41, 5.74) is 1.36. The van der Waals surface area contributed by atoms with Gasteiger partial charge in [0.2, 0.25) is 0 Å². The van der Waals surface area contributed by atoms with Gasteiger partial charge in [0.25, 0.3) is 0 Å². The van der Waals surface area contributed by atoms with Crippen molar-refractivity contribution in [1.82, 2.24) is 5.32 Å².